The Morgan fingerprint density at radius 1 is 0.175 bits per heavy atom. The minimum Gasteiger partial charge on any atom is -0.507 e. The van der Waals surface area contributed by atoms with Crippen molar-refractivity contribution in [2.24, 2.45) is 11.8 Å². The first-order valence-corrected chi connectivity index (χ1v) is 47.1. The first-order chi connectivity index (χ1) is 56.1. The maximum atomic E-state index is 11.4. The molecule has 0 heterocycles. The molecule has 0 saturated heterocycles. The van der Waals surface area contributed by atoms with Gasteiger partial charge in [-0.25, -0.2) is 0 Å². The van der Waals surface area contributed by atoms with E-state index in [2.05, 4.69) is 429 Å². The van der Waals surface area contributed by atoms with Crippen molar-refractivity contribution >= 4 is 0 Å². The summed E-state index contributed by atoms with van der Waals surface area (Å²) in [6, 6.07) is 34.4. The molecule has 0 aliphatic rings. The van der Waals surface area contributed by atoms with E-state index in [1.807, 2.05) is 0 Å². The molecule has 0 aliphatic carbocycles. The standard InChI is InChI=1S/2C30H46O2.2C29H44O2/c1-18(21-14-19(27(2,3)4)16-23(25(21)31)29(8,9)10)22-15-20(28(5,6)7)17-24(26(22)32)30(11,12)13;1-18(2)12-21-14-23(27(31)25(16-21)29(6,7)8)20(5)24-15-22(13-19(3)4)17-26(28(24)32)30(9,10)11;1-26(2,3)20-14-18(24(30)22(16-20)28(7,8)9)13-19-15-21(27(4,5)6)17-23(25(19)31)29(10,11)12;1-26(2,3)20-14-18(15-21(24(20)30)27(4,5)6)13-19-16-22(28(7,8)9)25(31)23(17-19)29(10,11)12/h14-18,31-32H,1-13H3;14-20,31-32H,12-13H2,1-11H3;2*14-17,30-31H,13H2,1-12H3. The lowest BCUT2D eigenvalue weighted by Crippen LogP contribution is -2.19. The first-order valence-electron chi connectivity index (χ1n) is 47.1. The van der Waals surface area contributed by atoms with E-state index < -0.39 is 0 Å². The Morgan fingerprint density at radius 3 is 0.532 bits per heavy atom. The molecule has 8 aromatic carbocycles. The van der Waals surface area contributed by atoms with Crippen molar-refractivity contribution in [3.05, 3.63) is 231 Å². The van der Waals surface area contributed by atoms with Crippen molar-refractivity contribution in [2.75, 3.05) is 0 Å². The molecule has 8 aromatic rings. The second kappa shape index (κ2) is 37.9. The van der Waals surface area contributed by atoms with Gasteiger partial charge in [0, 0.05) is 40.5 Å². The van der Waals surface area contributed by atoms with Crippen LogP contribution in [0.3, 0.4) is 0 Å². The van der Waals surface area contributed by atoms with Gasteiger partial charge in [-0.15, -0.1) is 0 Å². The maximum absolute atomic E-state index is 11.4. The number of aromatic hydroxyl groups is 8. The van der Waals surface area contributed by atoms with E-state index in [1.54, 1.807) is 0 Å². The molecule has 0 amide bonds. The molecule has 0 radical (unpaired) electrons. The molecule has 700 valence electrons. The molecule has 0 aromatic heterocycles. The van der Waals surface area contributed by atoms with E-state index in [-0.39, 0.29) is 87.6 Å². The van der Waals surface area contributed by atoms with Crippen LogP contribution in [0.15, 0.2) is 97.1 Å². The third-order valence-electron chi connectivity index (χ3n) is 24.9. The Bertz CT molecular complexity index is 4730. The van der Waals surface area contributed by atoms with E-state index in [4.69, 9.17) is 0 Å². The van der Waals surface area contributed by atoms with E-state index >= 15 is 0 Å². The molecular formula is C118H180O8. The van der Waals surface area contributed by atoms with E-state index in [9.17, 15) is 40.9 Å². The minimum atomic E-state index is -0.189. The summed E-state index contributed by atoms with van der Waals surface area (Å²) in [5.74, 6) is 3.74. The molecule has 0 fully saturated rings. The summed E-state index contributed by atoms with van der Waals surface area (Å²) in [5, 5.41) is 90.2. The van der Waals surface area contributed by atoms with Gasteiger partial charge < -0.3 is 40.9 Å². The highest BCUT2D eigenvalue weighted by atomic mass is 16.3. The van der Waals surface area contributed by atoms with Crippen LogP contribution in [0, 0.1) is 11.8 Å². The van der Waals surface area contributed by atoms with Gasteiger partial charge in [0.05, 0.1) is 0 Å². The van der Waals surface area contributed by atoms with Crippen LogP contribution in [0.4, 0.5) is 0 Å². The fraction of sp³-hybridized carbons (Fsp3) is 0.593. The number of rotatable bonds is 12. The van der Waals surface area contributed by atoms with Crippen molar-refractivity contribution < 1.29 is 40.9 Å². The molecular weight excluding hydrogens is 1550 g/mol. The average molecular weight is 1730 g/mol. The van der Waals surface area contributed by atoms with E-state index in [1.165, 1.54) is 44.5 Å². The van der Waals surface area contributed by atoms with Crippen LogP contribution in [0.1, 0.15) is 478 Å². The van der Waals surface area contributed by atoms with E-state index in [0.29, 0.717) is 64.3 Å². The Labute approximate surface area is 770 Å². The lowest BCUT2D eigenvalue weighted by molar-refractivity contribution is 0.422. The van der Waals surface area contributed by atoms with Gasteiger partial charge in [-0.3, -0.25) is 0 Å². The van der Waals surface area contributed by atoms with Crippen molar-refractivity contribution in [3.63, 3.8) is 0 Å². The predicted octanol–water partition coefficient (Wildman–Crippen LogP) is 32.4. The number of hydrogen-bond acceptors (Lipinski definition) is 8. The lowest BCUT2D eigenvalue weighted by atomic mass is 9.74. The zero-order valence-electron chi connectivity index (χ0n) is 89.0. The van der Waals surface area contributed by atoms with Crippen molar-refractivity contribution in [1.82, 2.24) is 0 Å². The van der Waals surface area contributed by atoms with Crippen LogP contribution in [0.25, 0.3) is 0 Å². The Morgan fingerprint density at radius 2 is 0.341 bits per heavy atom. The summed E-state index contributed by atoms with van der Waals surface area (Å²) < 4.78 is 0. The smallest absolute Gasteiger partial charge is 0.123 e. The largest absolute Gasteiger partial charge is 0.507 e. The minimum absolute atomic E-state index is 0.0334. The van der Waals surface area contributed by atoms with Gasteiger partial charge in [0.1, 0.15) is 46.0 Å². The Kier molecular flexibility index (Phi) is 32.7. The highest BCUT2D eigenvalue weighted by molar-refractivity contribution is 5.61. The van der Waals surface area contributed by atoms with Crippen molar-refractivity contribution in [2.45, 2.75) is 446 Å². The molecule has 8 N–H and O–H groups in total. The van der Waals surface area contributed by atoms with Gasteiger partial charge >= 0.3 is 0 Å². The third-order valence-corrected chi connectivity index (χ3v) is 24.9. The number of phenolic OH excluding ortho intramolecular Hbond substituents is 8. The third kappa shape index (κ3) is 27.6. The second-order valence-corrected chi connectivity index (χ2v) is 52.7. The molecule has 0 bridgehead atoms. The summed E-state index contributed by atoms with van der Waals surface area (Å²) in [5.41, 5.74) is 22.9. The monoisotopic (exact) mass is 1730 g/mol. The van der Waals surface area contributed by atoms with Gasteiger partial charge in [-0.2, -0.15) is 0 Å². The lowest BCUT2D eigenvalue weighted by Gasteiger charge is -2.31. The number of phenols is 8. The topological polar surface area (TPSA) is 162 Å². The SMILES string of the molecule is CC(C)(C)c1cc(Cc2cc(C(C)(C)C)c(O)c(C(C)(C)C)c2)cc(C(C)(C)C)c1O.CC(C)(C)c1cc(Cc2cc(C(C)(C)C)cc(C(C)(C)C)c2O)c(O)c(C(C)(C)C)c1.CC(C)Cc1cc(C(C)c2cc(CC(C)C)cc(C(C)(C)C)c2O)c(O)c(C(C)(C)C)c1.CC(c1cc(C(C)(C)C)cc(C(C)(C)C)c1O)c1cc(C(C)(C)C)cc(C(C)(C)C)c1O. The molecule has 0 aliphatic heterocycles. The zero-order chi connectivity index (χ0) is 97.9. The van der Waals surface area contributed by atoms with Gasteiger partial charge in [-0.05, 0) is 218 Å². The van der Waals surface area contributed by atoms with Crippen LogP contribution in [-0.4, -0.2) is 40.9 Å². The molecule has 8 heteroatoms. The Hall–Kier alpha value is -7.84. The first kappa shape index (κ1) is 109. The van der Waals surface area contributed by atoms with Gasteiger partial charge in [0.25, 0.3) is 0 Å². The number of hydrogen-bond donors (Lipinski definition) is 8. The molecule has 0 unspecified atom stereocenters. The highest BCUT2D eigenvalue weighted by Gasteiger charge is 2.37. The quantitative estimate of drug-likeness (QED) is 0.0600. The molecule has 126 heavy (non-hydrogen) atoms. The van der Waals surface area contributed by atoms with Crippen LogP contribution in [0.5, 0.6) is 46.0 Å². The zero-order valence-corrected chi connectivity index (χ0v) is 89.0. The van der Waals surface area contributed by atoms with Crippen LogP contribution in [0.2, 0.25) is 0 Å². The summed E-state index contributed by atoms with van der Waals surface area (Å²) in [6.45, 7) is 104. The van der Waals surface area contributed by atoms with Crippen molar-refractivity contribution in [3.8, 4) is 46.0 Å². The molecule has 0 saturated carbocycles. The summed E-state index contributed by atoms with van der Waals surface area (Å²) >= 11 is 0. The van der Waals surface area contributed by atoms with Gasteiger partial charge in [0.2, 0.25) is 0 Å². The van der Waals surface area contributed by atoms with Crippen LogP contribution >= 0.6 is 0 Å². The van der Waals surface area contributed by atoms with Gasteiger partial charge in [-0.1, -0.05) is 429 Å². The summed E-state index contributed by atoms with van der Waals surface area (Å²) in [4.78, 5) is 0. The fourth-order valence-electron chi connectivity index (χ4n) is 16.7. The van der Waals surface area contributed by atoms with Crippen LogP contribution in [-0.2, 0) is 101 Å². The second-order valence-electron chi connectivity index (χ2n) is 52.7. The molecule has 8 rings (SSSR count). The average Bonchev–Trinajstić information content (AvgIpc) is 0.764. The number of benzene rings is 8. The normalized spacial score (nSPS) is 13.4. The summed E-state index contributed by atoms with van der Waals surface area (Å²) in [7, 11) is 0. The highest BCUT2D eigenvalue weighted by Crippen LogP contribution is 2.52. The van der Waals surface area contributed by atoms with Crippen LogP contribution < -0.4 is 0 Å². The maximum Gasteiger partial charge on any atom is 0.123 e. The molecule has 8 nitrogen and oxygen atoms in total. The Balaban J connectivity index is 0.000000298. The predicted molar refractivity (Wildman–Crippen MR) is 544 cm³/mol. The summed E-state index contributed by atoms with van der Waals surface area (Å²) in [6.07, 6.45) is 3.20. The van der Waals surface area contributed by atoms with E-state index in [0.717, 1.165) is 108 Å². The molecule has 0 atom stereocenters. The fourth-order valence-corrected chi connectivity index (χ4v) is 16.7. The molecule has 0 spiro atoms. The van der Waals surface area contributed by atoms with Gasteiger partial charge in [0.15, 0.2) is 0 Å². The van der Waals surface area contributed by atoms with Crippen molar-refractivity contribution in [1.29, 1.82) is 0 Å².